The maximum atomic E-state index is 11.6. The van der Waals surface area contributed by atoms with Crippen molar-refractivity contribution in [1.29, 1.82) is 0 Å². The van der Waals surface area contributed by atoms with E-state index in [4.69, 9.17) is 0 Å². The van der Waals surface area contributed by atoms with Gasteiger partial charge in [0.2, 0.25) is 5.91 Å². The average Bonchev–Trinajstić information content (AvgIpc) is 2.32. The maximum absolute atomic E-state index is 11.6. The van der Waals surface area contributed by atoms with Crippen molar-refractivity contribution in [2.24, 2.45) is 0 Å². The number of rotatable bonds is 6. The molecule has 7 heteroatoms. The van der Waals surface area contributed by atoms with Crippen LogP contribution in [0.5, 0.6) is 0 Å². The minimum absolute atomic E-state index is 0.0185. The number of nitro groups is 1. The van der Waals surface area contributed by atoms with Gasteiger partial charge in [0.05, 0.1) is 10.6 Å². The van der Waals surface area contributed by atoms with Crippen LogP contribution in [0.25, 0.3) is 0 Å². The predicted octanol–water partition coefficient (Wildman–Crippen LogP) is 2.30. The van der Waals surface area contributed by atoms with Crippen LogP contribution < -0.4 is 10.6 Å². The lowest BCUT2D eigenvalue weighted by Gasteiger charge is -2.07. The lowest BCUT2D eigenvalue weighted by molar-refractivity contribution is -0.384. The summed E-state index contributed by atoms with van der Waals surface area (Å²) in [5, 5.41) is 16.2. The summed E-state index contributed by atoms with van der Waals surface area (Å²) in [7, 11) is 1.82. The molecule has 0 aliphatic rings. The first kappa shape index (κ1) is 14.6. The Morgan fingerprint density at radius 2 is 2.22 bits per heavy atom. The summed E-state index contributed by atoms with van der Waals surface area (Å²) in [5.74, 6) is -0.111. The second-order valence-corrected chi connectivity index (χ2v) is 4.53. The van der Waals surface area contributed by atoms with Crippen molar-refractivity contribution in [2.75, 3.05) is 18.9 Å². The van der Waals surface area contributed by atoms with Crippen molar-refractivity contribution in [3.05, 3.63) is 32.8 Å². The van der Waals surface area contributed by atoms with Crippen molar-refractivity contribution in [3.8, 4) is 0 Å². The number of anilines is 1. The molecule has 0 fully saturated rings. The smallest absolute Gasteiger partial charge is 0.270 e. The highest BCUT2D eigenvalue weighted by Crippen LogP contribution is 2.27. The SMILES string of the molecule is CNCCCC(=O)Nc1ccc([N+](=O)[O-])cc1Br. The first-order chi connectivity index (χ1) is 8.54. The molecule has 6 nitrogen and oxygen atoms in total. The molecule has 1 aromatic carbocycles. The minimum Gasteiger partial charge on any atom is -0.325 e. The molecular formula is C11H14BrN3O3. The van der Waals surface area contributed by atoms with Crippen molar-refractivity contribution in [3.63, 3.8) is 0 Å². The zero-order valence-electron chi connectivity index (χ0n) is 9.90. The third kappa shape index (κ3) is 4.42. The molecule has 1 amide bonds. The van der Waals surface area contributed by atoms with Crippen LogP contribution in [0.2, 0.25) is 0 Å². The molecule has 0 spiro atoms. The van der Waals surface area contributed by atoms with Gasteiger partial charge in [0, 0.05) is 23.0 Å². The van der Waals surface area contributed by atoms with Crippen molar-refractivity contribution < 1.29 is 9.72 Å². The van der Waals surface area contributed by atoms with E-state index in [1.807, 2.05) is 7.05 Å². The number of carbonyl (C=O) groups excluding carboxylic acids is 1. The Morgan fingerprint density at radius 1 is 1.50 bits per heavy atom. The van der Waals surface area contributed by atoms with Crippen molar-refractivity contribution in [1.82, 2.24) is 5.32 Å². The number of benzene rings is 1. The quantitative estimate of drug-likeness (QED) is 0.479. The summed E-state index contributed by atoms with van der Waals surface area (Å²) in [4.78, 5) is 21.6. The zero-order chi connectivity index (χ0) is 13.5. The second-order valence-electron chi connectivity index (χ2n) is 3.68. The standard InChI is InChI=1S/C11H14BrN3O3/c1-13-6-2-3-11(16)14-10-5-4-8(15(17)18)7-9(10)12/h4-5,7,13H,2-3,6H2,1H3,(H,14,16). The minimum atomic E-state index is -0.483. The summed E-state index contributed by atoms with van der Waals surface area (Å²) < 4.78 is 0.499. The molecular weight excluding hydrogens is 302 g/mol. The molecule has 0 aliphatic heterocycles. The van der Waals surface area contributed by atoms with Crippen LogP contribution in [0.1, 0.15) is 12.8 Å². The first-order valence-corrected chi connectivity index (χ1v) is 6.22. The topological polar surface area (TPSA) is 84.3 Å². The highest BCUT2D eigenvalue weighted by molar-refractivity contribution is 9.10. The second kappa shape index (κ2) is 7.07. The van der Waals surface area contributed by atoms with Gasteiger partial charge in [-0.25, -0.2) is 0 Å². The van der Waals surface area contributed by atoms with E-state index in [-0.39, 0.29) is 11.6 Å². The highest BCUT2D eigenvalue weighted by Gasteiger charge is 2.10. The van der Waals surface area contributed by atoms with Crippen molar-refractivity contribution >= 4 is 33.2 Å². The molecule has 0 heterocycles. The zero-order valence-corrected chi connectivity index (χ0v) is 11.5. The van der Waals surface area contributed by atoms with Gasteiger partial charge in [-0.05, 0) is 42.0 Å². The molecule has 1 aromatic rings. The van der Waals surface area contributed by atoms with Gasteiger partial charge in [0.25, 0.3) is 5.69 Å². The molecule has 0 aliphatic carbocycles. The van der Waals surface area contributed by atoms with Crippen LogP contribution in [0.15, 0.2) is 22.7 Å². The molecule has 0 saturated carbocycles. The molecule has 2 N–H and O–H groups in total. The molecule has 98 valence electrons. The third-order valence-corrected chi connectivity index (χ3v) is 2.92. The number of hydrogen-bond acceptors (Lipinski definition) is 4. The molecule has 0 bridgehead atoms. The number of halogens is 1. The molecule has 0 unspecified atom stereocenters. The van der Waals surface area contributed by atoms with Crippen LogP contribution in [0.4, 0.5) is 11.4 Å². The Kier molecular flexibility index (Phi) is 5.73. The number of nitrogens with one attached hydrogen (secondary N) is 2. The number of non-ortho nitro benzene ring substituents is 1. The summed E-state index contributed by atoms with van der Waals surface area (Å²) in [6, 6.07) is 4.23. The van der Waals surface area contributed by atoms with Crippen LogP contribution in [0.3, 0.4) is 0 Å². The fourth-order valence-electron chi connectivity index (χ4n) is 1.36. The fraction of sp³-hybridized carbons (Fsp3) is 0.364. The van der Waals surface area contributed by atoms with Gasteiger partial charge >= 0.3 is 0 Å². The van der Waals surface area contributed by atoms with Gasteiger partial charge in [-0.2, -0.15) is 0 Å². The first-order valence-electron chi connectivity index (χ1n) is 5.43. The lowest BCUT2D eigenvalue weighted by Crippen LogP contribution is -2.15. The van der Waals surface area contributed by atoms with Gasteiger partial charge in [-0.3, -0.25) is 14.9 Å². The average molecular weight is 316 g/mol. The van der Waals surface area contributed by atoms with E-state index in [1.54, 1.807) is 0 Å². The summed E-state index contributed by atoms with van der Waals surface area (Å²) >= 11 is 3.19. The van der Waals surface area contributed by atoms with Crippen molar-refractivity contribution in [2.45, 2.75) is 12.8 Å². The monoisotopic (exact) mass is 315 g/mol. The summed E-state index contributed by atoms with van der Waals surface area (Å²) in [6.07, 6.45) is 1.15. The Bertz CT molecular complexity index is 451. The summed E-state index contributed by atoms with van der Waals surface area (Å²) in [6.45, 7) is 0.773. The maximum Gasteiger partial charge on any atom is 0.270 e. The Labute approximate surface area is 113 Å². The van der Waals surface area contributed by atoms with Crippen LogP contribution in [-0.4, -0.2) is 24.4 Å². The number of carbonyl (C=O) groups is 1. The molecule has 0 aromatic heterocycles. The van der Waals surface area contributed by atoms with E-state index in [2.05, 4.69) is 26.6 Å². The van der Waals surface area contributed by atoms with Crippen LogP contribution in [0, 0.1) is 10.1 Å². The molecule has 18 heavy (non-hydrogen) atoms. The van der Waals surface area contributed by atoms with E-state index in [0.717, 1.165) is 13.0 Å². The van der Waals surface area contributed by atoms with Gasteiger partial charge in [-0.15, -0.1) is 0 Å². The molecule has 0 saturated heterocycles. The van der Waals surface area contributed by atoms with Gasteiger partial charge in [-0.1, -0.05) is 0 Å². The van der Waals surface area contributed by atoms with E-state index in [0.29, 0.717) is 16.6 Å². The van der Waals surface area contributed by atoms with E-state index in [1.165, 1.54) is 18.2 Å². The summed E-state index contributed by atoms with van der Waals surface area (Å²) in [5.41, 5.74) is 0.519. The van der Waals surface area contributed by atoms with Crippen LogP contribution >= 0.6 is 15.9 Å². The third-order valence-electron chi connectivity index (χ3n) is 2.27. The molecule has 1 rings (SSSR count). The van der Waals surface area contributed by atoms with Gasteiger partial charge < -0.3 is 10.6 Å². The van der Waals surface area contributed by atoms with E-state index < -0.39 is 4.92 Å². The van der Waals surface area contributed by atoms with Gasteiger partial charge in [0.1, 0.15) is 0 Å². The Balaban J connectivity index is 2.62. The number of amides is 1. The number of nitrogens with zero attached hydrogens (tertiary/aromatic N) is 1. The largest absolute Gasteiger partial charge is 0.325 e. The van der Waals surface area contributed by atoms with E-state index >= 15 is 0 Å². The Morgan fingerprint density at radius 3 is 2.78 bits per heavy atom. The number of hydrogen-bond donors (Lipinski definition) is 2. The van der Waals surface area contributed by atoms with E-state index in [9.17, 15) is 14.9 Å². The normalized spacial score (nSPS) is 10.1. The number of nitro benzene ring substituents is 1. The lowest BCUT2D eigenvalue weighted by atomic mass is 10.2. The Hall–Kier alpha value is -1.47. The molecule has 0 radical (unpaired) electrons. The van der Waals surface area contributed by atoms with Gasteiger partial charge in [0.15, 0.2) is 0 Å². The predicted molar refractivity (Wildman–Crippen MR) is 72.6 cm³/mol. The fourth-order valence-corrected chi connectivity index (χ4v) is 1.82. The molecule has 0 atom stereocenters. The highest BCUT2D eigenvalue weighted by atomic mass is 79.9. The van der Waals surface area contributed by atoms with Crippen LogP contribution in [-0.2, 0) is 4.79 Å².